The molecule has 0 aliphatic carbocycles. The molecule has 0 aliphatic heterocycles. The lowest BCUT2D eigenvalue weighted by molar-refractivity contribution is 0.154. The number of nitrogens with zero attached hydrogens (tertiary/aromatic N) is 1. The lowest BCUT2D eigenvalue weighted by atomic mass is 10.1. The van der Waals surface area contributed by atoms with Crippen LogP contribution in [0.4, 0.5) is 5.69 Å². The third kappa shape index (κ3) is 4.67. The molecule has 0 saturated heterocycles. The summed E-state index contributed by atoms with van der Waals surface area (Å²) in [6, 6.07) is 6.66. The van der Waals surface area contributed by atoms with E-state index in [-0.39, 0.29) is 0 Å². The van der Waals surface area contributed by atoms with Gasteiger partial charge in [0.05, 0.1) is 6.61 Å². The lowest BCUT2D eigenvalue weighted by Gasteiger charge is -2.22. The number of rotatable bonds is 8. The van der Waals surface area contributed by atoms with Crippen molar-refractivity contribution in [1.29, 1.82) is 0 Å². The van der Waals surface area contributed by atoms with Crippen molar-refractivity contribution >= 4 is 5.69 Å². The van der Waals surface area contributed by atoms with Gasteiger partial charge in [0.1, 0.15) is 0 Å². The highest BCUT2D eigenvalue weighted by Gasteiger charge is 2.05. The molecule has 1 aromatic carbocycles. The van der Waals surface area contributed by atoms with Gasteiger partial charge in [0.25, 0.3) is 0 Å². The molecule has 3 nitrogen and oxygen atoms in total. The van der Waals surface area contributed by atoms with E-state index in [0.717, 1.165) is 32.8 Å². The van der Waals surface area contributed by atoms with Gasteiger partial charge in [0.15, 0.2) is 0 Å². The van der Waals surface area contributed by atoms with Gasteiger partial charge < -0.3 is 15.0 Å². The Balaban J connectivity index is 2.60. The Morgan fingerprint density at radius 2 is 2.06 bits per heavy atom. The molecule has 0 aromatic heterocycles. The van der Waals surface area contributed by atoms with Gasteiger partial charge in [-0.1, -0.05) is 19.1 Å². The summed E-state index contributed by atoms with van der Waals surface area (Å²) in [5.74, 6) is 0. The molecule has 0 saturated carbocycles. The molecule has 1 N–H and O–H groups in total. The Kier molecular flexibility index (Phi) is 6.76. The van der Waals surface area contributed by atoms with Gasteiger partial charge >= 0.3 is 0 Å². The van der Waals surface area contributed by atoms with Crippen molar-refractivity contribution in [3.05, 3.63) is 29.3 Å². The quantitative estimate of drug-likeness (QED) is 0.718. The molecular weight excluding hydrogens is 224 g/mol. The van der Waals surface area contributed by atoms with Crippen LogP contribution in [-0.2, 0) is 11.3 Å². The predicted molar refractivity (Wildman–Crippen MR) is 78.3 cm³/mol. The molecule has 0 amide bonds. The third-order valence-electron chi connectivity index (χ3n) is 3.03. The standard InChI is InChI=1S/C15H26N2O/c1-5-16-12-14-7-8-15(13(3)11-14)17(4)9-10-18-6-2/h7-8,11,16H,5-6,9-10,12H2,1-4H3. The Morgan fingerprint density at radius 1 is 1.28 bits per heavy atom. The van der Waals surface area contributed by atoms with Crippen LogP contribution in [0.2, 0.25) is 0 Å². The molecule has 0 atom stereocenters. The minimum atomic E-state index is 0.783. The van der Waals surface area contributed by atoms with Crippen LogP contribution < -0.4 is 10.2 Å². The summed E-state index contributed by atoms with van der Waals surface area (Å²) in [6.45, 7) is 10.8. The topological polar surface area (TPSA) is 24.5 Å². The highest BCUT2D eigenvalue weighted by atomic mass is 16.5. The molecule has 0 unspecified atom stereocenters. The third-order valence-corrected chi connectivity index (χ3v) is 3.03. The molecule has 0 fully saturated rings. The zero-order valence-corrected chi connectivity index (χ0v) is 12.1. The molecule has 0 spiro atoms. The first-order chi connectivity index (χ1) is 8.69. The molecule has 0 heterocycles. The number of hydrogen-bond acceptors (Lipinski definition) is 3. The van der Waals surface area contributed by atoms with E-state index in [9.17, 15) is 0 Å². The fraction of sp³-hybridized carbons (Fsp3) is 0.600. The van der Waals surface area contributed by atoms with Gasteiger partial charge in [-0.15, -0.1) is 0 Å². The van der Waals surface area contributed by atoms with Gasteiger partial charge in [0.2, 0.25) is 0 Å². The lowest BCUT2D eigenvalue weighted by Crippen LogP contribution is -2.23. The van der Waals surface area contributed by atoms with Crippen LogP contribution >= 0.6 is 0 Å². The maximum atomic E-state index is 5.39. The number of ether oxygens (including phenoxy) is 1. The van der Waals surface area contributed by atoms with Crippen molar-refractivity contribution < 1.29 is 4.74 Å². The van der Waals surface area contributed by atoms with Crippen molar-refractivity contribution in [2.45, 2.75) is 27.3 Å². The molecule has 102 valence electrons. The van der Waals surface area contributed by atoms with Crippen LogP contribution in [0.1, 0.15) is 25.0 Å². The predicted octanol–water partition coefficient (Wildman–Crippen LogP) is 2.58. The Bertz CT molecular complexity index is 352. The number of nitrogens with one attached hydrogen (secondary N) is 1. The Labute approximate surface area is 111 Å². The Morgan fingerprint density at radius 3 is 2.67 bits per heavy atom. The molecule has 0 radical (unpaired) electrons. The molecule has 1 aromatic rings. The molecule has 1 rings (SSSR count). The van der Waals surface area contributed by atoms with Crippen LogP contribution in [0.25, 0.3) is 0 Å². The SMILES string of the molecule is CCNCc1ccc(N(C)CCOCC)c(C)c1. The van der Waals surface area contributed by atoms with Gasteiger partial charge in [-0.05, 0) is 37.6 Å². The zero-order valence-electron chi connectivity index (χ0n) is 12.1. The fourth-order valence-electron chi connectivity index (χ4n) is 1.99. The fourth-order valence-corrected chi connectivity index (χ4v) is 1.99. The van der Waals surface area contributed by atoms with E-state index in [2.05, 4.69) is 49.3 Å². The van der Waals surface area contributed by atoms with E-state index in [1.165, 1.54) is 16.8 Å². The van der Waals surface area contributed by atoms with Gasteiger partial charge in [-0.2, -0.15) is 0 Å². The van der Waals surface area contributed by atoms with E-state index in [1.54, 1.807) is 0 Å². The first-order valence-corrected chi connectivity index (χ1v) is 6.78. The van der Waals surface area contributed by atoms with E-state index in [1.807, 2.05) is 6.92 Å². The van der Waals surface area contributed by atoms with Crippen molar-refractivity contribution in [2.24, 2.45) is 0 Å². The number of hydrogen-bond donors (Lipinski definition) is 1. The van der Waals surface area contributed by atoms with Crippen molar-refractivity contribution in [3.8, 4) is 0 Å². The second kappa shape index (κ2) is 8.11. The smallest absolute Gasteiger partial charge is 0.0641 e. The van der Waals surface area contributed by atoms with Crippen LogP contribution in [0.3, 0.4) is 0 Å². The zero-order chi connectivity index (χ0) is 13.4. The number of anilines is 1. The van der Waals surface area contributed by atoms with Crippen LogP contribution in [-0.4, -0.2) is 33.4 Å². The minimum Gasteiger partial charge on any atom is -0.380 e. The monoisotopic (exact) mass is 250 g/mol. The van der Waals surface area contributed by atoms with Crippen LogP contribution in [0, 0.1) is 6.92 Å². The van der Waals surface area contributed by atoms with E-state index in [0.29, 0.717) is 0 Å². The number of likely N-dealkylation sites (N-methyl/N-ethyl adjacent to an activating group) is 1. The number of benzene rings is 1. The molecular formula is C15H26N2O. The van der Waals surface area contributed by atoms with Crippen LogP contribution in [0.15, 0.2) is 18.2 Å². The summed E-state index contributed by atoms with van der Waals surface area (Å²) in [7, 11) is 2.12. The average Bonchev–Trinajstić information content (AvgIpc) is 2.36. The summed E-state index contributed by atoms with van der Waals surface area (Å²) in [5.41, 5.74) is 3.95. The molecule has 18 heavy (non-hydrogen) atoms. The van der Waals surface area contributed by atoms with E-state index < -0.39 is 0 Å². The van der Waals surface area contributed by atoms with Gasteiger partial charge in [-0.25, -0.2) is 0 Å². The molecule has 0 aliphatic rings. The first-order valence-electron chi connectivity index (χ1n) is 6.78. The summed E-state index contributed by atoms with van der Waals surface area (Å²) < 4.78 is 5.39. The maximum Gasteiger partial charge on any atom is 0.0641 e. The molecule has 3 heteroatoms. The average molecular weight is 250 g/mol. The highest BCUT2D eigenvalue weighted by Crippen LogP contribution is 2.20. The maximum absolute atomic E-state index is 5.39. The van der Waals surface area contributed by atoms with Crippen molar-refractivity contribution in [2.75, 3.05) is 38.3 Å². The van der Waals surface area contributed by atoms with Gasteiger partial charge in [-0.3, -0.25) is 0 Å². The second-order valence-electron chi connectivity index (χ2n) is 4.52. The van der Waals surface area contributed by atoms with Crippen molar-refractivity contribution in [3.63, 3.8) is 0 Å². The normalized spacial score (nSPS) is 10.7. The van der Waals surface area contributed by atoms with E-state index in [4.69, 9.17) is 4.74 Å². The van der Waals surface area contributed by atoms with Gasteiger partial charge in [0, 0.05) is 32.4 Å². The van der Waals surface area contributed by atoms with Crippen LogP contribution in [0.5, 0.6) is 0 Å². The first kappa shape index (κ1) is 15.0. The largest absolute Gasteiger partial charge is 0.380 e. The Hall–Kier alpha value is -1.06. The summed E-state index contributed by atoms with van der Waals surface area (Å²) in [4.78, 5) is 2.25. The summed E-state index contributed by atoms with van der Waals surface area (Å²) in [5, 5.41) is 3.35. The minimum absolute atomic E-state index is 0.783. The second-order valence-corrected chi connectivity index (χ2v) is 4.52. The highest BCUT2D eigenvalue weighted by molar-refractivity contribution is 5.53. The van der Waals surface area contributed by atoms with Crippen molar-refractivity contribution in [1.82, 2.24) is 5.32 Å². The number of aryl methyl sites for hydroxylation is 1. The molecule has 0 bridgehead atoms. The summed E-state index contributed by atoms with van der Waals surface area (Å²) >= 11 is 0. The van der Waals surface area contributed by atoms with E-state index >= 15 is 0 Å². The summed E-state index contributed by atoms with van der Waals surface area (Å²) in [6.07, 6.45) is 0.